The van der Waals surface area contributed by atoms with Gasteiger partial charge in [0, 0.05) is 49.7 Å². The molecule has 1 aliphatic heterocycles. The van der Waals surface area contributed by atoms with Crippen LogP contribution in [0.1, 0.15) is 42.4 Å². The van der Waals surface area contributed by atoms with Crippen molar-refractivity contribution in [1.29, 1.82) is 0 Å². The molecular formula is C26H31N3O3. The van der Waals surface area contributed by atoms with Crippen LogP contribution in [0.3, 0.4) is 0 Å². The maximum atomic E-state index is 12.5. The summed E-state index contributed by atoms with van der Waals surface area (Å²) < 4.78 is 5.23. The molecule has 0 atom stereocenters. The number of allylic oxidation sites excluding steroid dienone is 1. The van der Waals surface area contributed by atoms with Crippen molar-refractivity contribution >= 4 is 29.6 Å². The van der Waals surface area contributed by atoms with Crippen molar-refractivity contribution < 1.29 is 14.3 Å². The van der Waals surface area contributed by atoms with Crippen molar-refractivity contribution in [2.24, 2.45) is 0 Å². The molecule has 168 valence electrons. The first-order chi connectivity index (χ1) is 15.2. The molecule has 0 saturated carbocycles. The van der Waals surface area contributed by atoms with E-state index in [-0.39, 0.29) is 5.78 Å². The summed E-state index contributed by atoms with van der Waals surface area (Å²) in [5.41, 5.74) is 2.73. The molecule has 1 saturated heterocycles. The SMILES string of the molecule is CN1CCN(c2ccc(C(=O)/C=C/c3ccc(/C=C/C(=O)OC(C)(C)C)nc3)cc2)CC1. The standard InChI is InChI=1S/C26H31N3O3/c1-26(2,3)32-25(31)14-10-22-9-5-20(19-27-22)6-13-24(30)21-7-11-23(12-8-21)29-17-15-28(4)16-18-29/h5-14,19H,15-18H2,1-4H3/b13-6+,14-10+. The molecular weight excluding hydrogens is 402 g/mol. The summed E-state index contributed by atoms with van der Waals surface area (Å²) in [6.07, 6.45) is 7.92. The smallest absolute Gasteiger partial charge is 0.331 e. The number of benzene rings is 1. The lowest BCUT2D eigenvalue weighted by molar-refractivity contribution is -0.148. The molecule has 32 heavy (non-hydrogen) atoms. The number of ketones is 1. The Morgan fingerprint density at radius 1 is 0.938 bits per heavy atom. The zero-order chi connectivity index (χ0) is 23.1. The van der Waals surface area contributed by atoms with Crippen molar-refractivity contribution in [3.05, 3.63) is 71.6 Å². The van der Waals surface area contributed by atoms with Gasteiger partial charge in [-0.05, 0) is 81.9 Å². The van der Waals surface area contributed by atoms with Gasteiger partial charge in [0.2, 0.25) is 0 Å². The third-order valence-electron chi connectivity index (χ3n) is 5.05. The van der Waals surface area contributed by atoms with Crippen molar-refractivity contribution in [1.82, 2.24) is 9.88 Å². The van der Waals surface area contributed by atoms with Crippen LogP contribution in [0.2, 0.25) is 0 Å². The van der Waals surface area contributed by atoms with Gasteiger partial charge in [0.05, 0.1) is 5.69 Å². The number of carbonyl (C=O) groups is 2. The monoisotopic (exact) mass is 433 g/mol. The third-order valence-corrected chi connectivity index (χ3v) is 5.05. The second-order valence-electron chi connectivity index (χ2n) is 8.92. The predicted octanol–water partition coefficient (Wildman–Crippen LogP) is 4.08. The molecule has 1 aromatic carbocycles. The predicted molar refractivity (Wildman–Crippen MR) is 129 cm³/mol. The van der Waals surface area contributed by atoms with Gasteiger partial charge in [0.15, 0.2) is 5.78 Å². The number of hydrogen-bond acceptors (Lipinski definition) is 6. The maximum absolute atomic E-state index is 12.5. The average Bonchev–Trinajstić information content (AvgIpc) is 2.76. The fraction of sp³-hybridized carbons (Fsp3) is 0.346. The zero-order valence-electron chi connectivity index (χ0n) is 19.2. The summed E-state index contributed by atoms with van der Waals surface area (Å²) in [7, 11) is 2.13. The Morgan fingerprint density at radius 2 is 1.62 bits per heavy atom. The minimum absolute atomic E-state index is 0.0520. The second-order valence-corrected chi connectivity index (χ2v) is 8.92. The van der Waals surface area contributed by atoms with Crippen LogP contribution in [-0.2, 0) is 9.53 Å². The highest BCUT2D eigenvalue weighted by molar-refractivity contribution is 6.07. The lowest BCUT2D eigenvalue weighted by atomic mass is 10.1. The van der Waals surface area contributed by atoms with E-state index in [4.69, 9.17) is 4.74 Å². The van der Waals surface area contributed by atoms with E-state index in [1.807, 2.05) is 51.1 Å². The normalized spacial score (nSPS) is 15.4. The van der Waals surface area contributed by atoms with Gasteiger partial charge in [0.1, 0.15) is 5.60 Å². The molecule has 1 aliphatic rings. The molecule has 0 spiro atoms. The van der Waals surface area contributed by atoms with E-state index >= 15 is 0 Å². The van der Waals surface area contributed by atoms with Crippen LogP contribution >= 0.6 is 0 Å². The summed E-state index contributed by atoms with van der Waals surface area (Å²) in [5.74, 6) is -0.462. The molecule has 0 bridgehead atoms. The number of likely N-dealkylation sites (N-methyl/N-ethyl adjacent to an activating group) is 1. The van der Waals surface area contributed by atoms with E-state index in [0.717, 1.165) is 37.4 Å². The molecule has 0 N–H and O–H groups in total. The van der Waals surface area contributed by atoms with Crippen LogP contribution in [0.5, 0.6) is 0 Å². The van der Waals surface area contributed by atoms with E-state index in [2.05, 4.69) is 21.8 Å². The fourth-order valence-corrected chi connectivity index (χ4v) is 3.27. The van der Waals surface area contributed by atoms with Crippen molar-refractivity contribution in [2.45, 2.75) is 26.4 Å². The van der Waals surface area contributed by atoms with Gasteiger partial charge in [-0.3, -0.25) is 9.78 Å². The van der Waals surface area contributed by atoms with Crippen LogP contribution in [0, 0.1) is 0 Å². The van der Waals surface area contributed by atoms with E-state index in [1.54, 1.807) is 30.5 Å². The van der Waals surface area contributed by atoms with E-state index < -0.39 is 11.6 Å². The Hall–Kier alpha value is -3.25. The molecule has 6 nitrogen and oxygen atoms in total. The number of nitrogens with zero attached hydrogens (tertiary/aromatic N) is 3. The number of aromatic nitrogens is 1. The Balaban J connectivity index is 1.55. The number of pyridine rings is 1. The number of rotatable bonds is 6. The van der Waals surface area contributed by atoms with Gasteiger partial charge in [-0.25, -0.2) is 4.79 Å². The molecule has 3 rings (SSSR count). The molecule has 1 fully saturated rings. The number of esters is 1. The summed E-state index contributed by atoms with van der Waals surface area (Å²) in [5, 5.41) is 0. The Kier molecular flexibility index (Phi) is 7.59. The molecule has 0 amide bonds. The molecule has 2 aromatic rings. The second kappa shape index (κ2) is 10.4. The van der Waals surface area contributed by atoms with E-state index in [1.165, 1.54) is 6.08 Å². The highest BCUT2D eigenvalue weighted by Crippen LogP contribution is 2.18. The first-order valence-electron chi connectivity index (χ1n) is 10.8. The average molecular weight is 434 g/mol. The minimum atomic E-state index is -0.527. The molecule has 0 radical (unpaired) electrons. The van der Waals surface area contributed by atoms with Gasteiger partial charge >= 0.3 is 5.97 Å². The first kappa shape index (κ1) is 23.4. The van der Waals surface area contributed by atoms with Crippen molar-refractivity contribution in [3.63, 3.8) is 0 Å². The molecule has 0 unspecified atom stereocenters. The quantitative estimate of drug-likeness (QED) is 0.389. The zero-order valence-corrected chi connectivity index (χ0v) is 19.2. The number of anilines is 1. The van der Waals surface area contributed by atoms with E-state index in [0.29, 0.717) is 11.3 Å². The summed E-state index contributed by atoms with van der Waals surface area (Å²) in [6, 6.07) is 11.4. The lowest BCUT2D eigenvalue weighted by Gasteiger charge is -2.34. The highest BCUT2D eigenvalue weighted by atomic mass is 16.6. The van der Waals surface area contributed by atoms with Crippen LogP contribution in [0.4, 0.5) is 5.69 Å². The minimum Gasteiger partial charge on any atom is -0.457 e. The van der Waals surface area contributed by atoms with Gasteiger partial charge in [-0.15, -0.1) is 0 Å². The van der Waals surface area contributed by atoms with Crippen molar-refractivity contribution in [3.8, 4) is 0 Å². The fourth-order valence-electron chi connectivity index (χ4n) is 3.27. The van der Waals surface area contributed by atoms with Crippen LogP contribution in [0.25, 0.3) is 12.2 Å². The molecule has 2 heterocycles. The van der Waals surface area contributed by atoms with E-state index in [9.17, 15) is 9.59 Å². The van der Waals surface area contributed by atoms with Gasteiger partial charge < -0.3 is 14.5 Å². The third kappa shape index (κ3) is 7.17. The van der Waals surface area contributed by atoms with Crippen LogP contribution in [0.15, 0.2) is 54.7 Å². The maximum Gasteiger partial charge on any atom is 0.331 e. The Labute approximate surface area is 190 Å². The topological polar surface area (TPSA) is 62.7 Å². The number of piperazine rings is 1. The van der Waals surface area contributed by atoms with Crippen LogP contribution in [-0.4, -0.2) is 60.5 Å². The van der Waals surface area contributed by atoms with Gasteiger partial charge in [-0.1, -0.05) is 6.07 Å². The van der Waals surface area contributed by atoms with Gasteiger partial charge in [-0.2, -0.15) is 0 Å². The van der Waals surface area contributed by atoms with Crippen molar-refractivity contribution in [2.75, 3.05) is 38.1 Å². The van der Waals surface area contributed by atoms with Gasteiger partial charge in [0.25, 0.3) is 0 Å². The summed E-state index contributed by atoms with van der Waals surface area (Å²) in [6.45, 7) is 9.56. The summed E-state index contributed by atoms with van der Waals surface area (Å²) in [4.78, 5) is 33.2. The molecule has 6 heteroatoms. The summed E-state index contributed by atoms with van der Waals surface area (Å²) >= 11 is 0. The number of ether oxygens (including phenoxy) is 1. The molecule has 1 aromatic heterocycles. The Bertz CT molecular complexity index is 978. The molecule has 0 aliphatic carbocycles. The lowest BCUT2D eigenvalue weighted by Crippen LogP contribution is -2.44. The largest absolute Gasteiger partial charge is 0.457 e. The Morgan fingerprint density at radius 3 is 2.22 bits per heavy atom. The number of hydrogen-bond donors (Lipinski definition) is 0. The van der Waals surface area contributed by atoms with Crippen LogP contribution < -0.4 is 4.90 Å². The first-order valence-corrected chi connectivity index (χ1v) is 10.8. The number of carbonyl (C=O) groups excluding carboxylic acids is 2. The highest BCUT2D eigenvalue weighted by Gasteiger charge is 2.15.